The van der Waals surface area contributed by atoms with Gasteiger partial charge in [0.1, 0.15) is 0 Å². The molecule has 14 heavy (non-hydrogen) atoms. The maximum Gasteiger partial charge on any atom is 0.00198 e. The van der Waals surface area contributed by atoms with Crippen LogP contribution < -0.4 is 0 Å². The van der Waals surface area contributed by atoms with Crippen LogP contribution in [0.5, 0.6) is 0 Å². The summed E-state index contributed by atoms with van der Waals surface area (Å²) in [6, 6.07) is 0. The Morgan fingerprint density at radius 3 is 2.00 bits per heavy atom. The van der Waals surface area contributed by atoms with Gasteiger partial charge >= 0.3 is 0 Å². The molecule has 0 N–H and O–H groups in total. The molecule has 78 valence electrons. The fraction of sp³-hybridized carbons (Fsp3) is 0.846. The highest BCUT2D eigenvalue weighted by atomic mass is 32.1. The number of hydrogen-bond donors (Lipinski definition) is 0. The molecule has 2 aliphatic carbocycles. The summed E-state index contributed by atoms with van der Waals surface area (Å²) in [5, 5.41) is 2.91. The van der Waals surface area contributed by atoms with Gasteiger partial charge in [-0.15, -0.1) is 0 Å². The van der Waals surface area contributed by atoms with Gasteiger partial charge in [0.15, 0.2) is 0 Å². The zero-order chi connectivity index (χ0) is 10.1. The van der Waals surface area contributed by atoms with Crippen LogP contribution in [0, 0.1) is 10.8 Å². The van der Waals surface area contributed by atoms with E-state index in [-0.39, 0.29) is 0 Å². The van der Waals surface area contributed by atoms with E-state index in [0.29, 0.717) is 10.8 Å². The lowest BCUT2D eigenvalue weighted by atomic mass is 9.62. The maximum atomic E-state index is 4.94. The van der Waals surface area contributed by atoms with Crippen LogP contribution in [0.1, 0.15) is 58.3 Å². The first kappa shape index (κ1) is 10.4. The van der Waals surface area contributed by atoms with Gasteiger partial charge in [0.2, 0.25) is 0 Å². The second-order valence-corrected chi connectivity index (χ2v) is 5.63. The average Bonchev–Trinajstić information content (AvgIpc) is 2.76. The molecular weight excluding hydrogens is 188 g/mol. The number of allylic oxidation sites excluding steroid dienone is 1. The predicted octanol–water partition coefficient (Wildman–Crippen LogP) is 4.28. The molecule has 0 spiro atoms. The van der Waals surface area contributed by atoms with E-state index in [1.807, 2.05) is 0 Å². The maximum absolute atomic E-state index is 4.94. The van der Waals surface area contributed by atoms with Crippen LogP contribution in [-0.4, -0.2) is 5.02 Å². The van der Waals surface area contributed by atoms with Gasteiger partial charge in [-0.25, -0.2) is 0 Å². The Morgan fingerprint density at radius 1 is 1.00 bits per heavy atom. The van der Waals surface area contributed by atoms with Crippen molar-refractivity contribution in [2.45, 2.75) is 58.3 Å². The molecule has 0 aromatic rings. The van der Waals surface area contributed by atoms with E-state index in [2.05, 4.69) is 18.0 Å². The third-order valence-corrected chi connectivity index (χ3v) is 4.86. The Morgan fingerprint density at radius 2 is 1.50 bits per heavy atom. The lowest BCUT2D eigenvalue weighted by Gasteiger charge is -2.42. The molecule has 1 heteroatoms. The summed E-state index contributed by atoms with van der Waals surface area (Å²) in [6.07, 6.45) is 13.4. The van der Waals surface area contributed by atoms with Gasteiger partial charge in [-0.3, -0.25) is 0 Å². The van der Waals surface area contributed by atoms with Crippen LogP contribution in [0.25, 0.3) is 0 Å². The highest BCUT2D eigenvalue weighted by Gasteiger charge is 2.48. The van der Waals surface area contributed by atoms with Crippen molar-refractivity contribution in [1.29, 1.82) is 0 Å². The predicted molar refractivity (Wildman–Crippen MR) is 64.6 cm³/mol. The van der Waals surface area contributed by atoms with Crippen molar-refractivity contribution in [3.8, 4) is 0 Å². The van der Waals surface area contributed by atoms with Crippen LogP contribution in [0.2, 0.25) is 0 Å². The van der Waals surface area contributed by atoms with E-state index in [4.69, 9.17) is 12.2 Å². The monoisotopic (exact) mass is 208 g/mol. The molecule has 0 saturated heterocycles. The lowest BCUT2D eigenvalue weighted by Crippen LogP contribution is -2.34. The molecule has 0 aromatic carbocycles. The van der Waals surface area contributed by atoms with Gasteiger partial charge in [-0.1, -0.05) is 32.6 Å². The van der Waals surface area contributed by atoms with E-state index < -0.39 is 0 Å². The van der Waals surface area contributed by atoms with Crippen molar-refractivity contribution < 1.29 is 0 Å². The smallest absolute Gasteiger partial charge is 0.00198 e. The van der Waals surface area contributed by atoms with E-state index in [0.717, 1.165) is 0 Å². The molecule has 0 aromatic heterocycles. The van der Waals surface area contributed by atoms with Crippen LogP contribution in [0.4, 0.5) is 0 Å². The summed E-state index contributed by atoms with van der Waals surface area (Å²) in [5.41, 5.74) is 0.959. The van der Waals surface area contributed by atoms with E-state index in [1.165, 1.54) is 51.4 Å². The first-order valence-electron chi connectivity index (χ1n) is 5.95. The summed E-state index contributed by atoms with van der Waals surface area (Å²) in [5.74, 6) is 0. The van der Waals surface area contributed by atoms with Crippen molar-refractivity contribution in [3.63, 3.8) is 0 Å². The Bertz CT molecular complexity index is 248. The first-order valence-corrected chi connectivity index (χ1v) is 6.35. The molecule has 0 nitrogen and oxygen atoms in total. The molecule has 0 aliphatic heterocycles. The first-order chi connectivity index (χ1) is 6.72. The zero-order valence-electron chi connectivity index (χ0n) is 9.14. The Kier molecular flexibility index (Phi) is 2.81. The molecule has 0 unspecified atom stereocenters. The fourth-order valence-corrected chi connectivity index (χ4v) is 3.92. The quantitative estimate of drug-likeness (QED) is 0.610. The van der Waals surface area contributed by atoms with Gasteiger partial charge in [-0.05, 0) is 54.4 Å². The molecule has 0 radical (unpaired) electrons. The third kappa shape index (κ3) is 1.47. The summed E-state index contributed by atoms with van der Waals surface area (Å²) >= 11 is 4.94. The van der Waals surface area contributed by atoms with Crippen LogP contribution >= 0.6 is 12.2 Å². The summed E-state index contributed by atoms with van der Waals surface area (Å²) in [7, 11) is 0. The minimum absolute atomic E-state index is 0.422. The molecule has 2 fully saturated rings. The average molecular weight is 208 g/mol. The highest BCUT2D eigenvalue weighted by molar-refractivity contribution is 7.78. The minimum Gasteiger partial charge on any atom is -0.0588 e. The topological polar surface area (TPSA) is 0 Å². The molecule has 2 saturated carbocycles. The molecule has 0 atom stereocenters. The molecule has 0 heterocycles. The summed E-state index contributed by atoms with van der Waals surface area (Å²) in [4.78, 5) is 0. The van der Waals surface area contributed by atoms with Gasteiger partial charge < -0.3 is 0 Å². The van der Waals surface area contributed by atoms with Gasteiger partial charge in [-0.2, -0.15) is 0 Å². The molecule has 2 rings (SSSR count). The van der Waals surface area contributed by atoms with Gasteiger partial charge in [0.25, 0.3) is 0 Å². The van der Waals surface area contributed by atoms with Gasteiger partial charge in [0.05, 0.1) is 0 Å². The Labute approximate surface area is 92.8 Å². The van der Waals surface area contributed by atoms with E-state index >= 15 is 0 Å². The number of thiocarbonyl (C=S) groups is 1. The van der Waals surface area contributed by atoms with Crippen molar-refractivity contribution >= 4 is 17.2 Å². The van der Waals surface area contributed by atoms with E-state index in [1.54, 1.807) is 0 Å². The van der Waals surface area contributed by atoms with Crippen LogP contribution in [0.3, 0.4) is 0 Å². The Hall–Kier alpha value is -0.130. The highest BCUT2D eigenvalue weighted by Crippen LogP contribution is 2.59. The van der Waals surface area contributed by atoms with E-state index in [9.17, 15) is 0 Å². The van der Waals surface area contributed by atoms with Gasteiger partial charge in [0, 0.05) is 5.41 Å². The summed E-state index contributed by atoms with van der Waals surface area (Å²) in [6.45, 7) is 2.48. The Balaban J connectivity index is 2.29. The minimum atomic E-state index is 0.422. The largest absolute Gasteiger partial charge is 0.0588 e. The lowest BCUT2D eigenvalue weighted by molar-refractivity contribution is 0.116. The number of hydrogen-bond acceptors (Lipinski definition) is 1. The standard InChI is InChI=1S/C13H20S/c1-12(6-2-3-7-12)13(10-11-14)8-4-5-9-13/h10H,2-9H2,1H3. The molecule has 0 amide bonds. The third-order valence-electron chi connectivity index (χ3n) is 4.74. The van der Waals surface area contributed by atoms with Crippen LogP contribution in [0.15, 0.2) is 6.08 Å². The van der Waals surface area contributed by atoms with Crippen molar-refractivity contribution in [3.05, 3.63) is 6.08 Å². The number of rotatable bonds is 2. The zero-order valence-corrected chi connectivity index (χ0v) is 9.96. The van der Waals surface area contributed by atoms with Crippen molar-refractivity contribution in [2.24, 2.45) is 10.8 Å². The second-order valence-electron chi connectivity index (χ2n) is 5.39. The normalized spacial score (nSPS) is 28.6. The molecule has 2 aliphatic rings. The molecular formula is C13H20S. The fourth-order valence-electron chi connectivity index (χ4n) is 3.69. The summed E-state index contributed by atoms with van der Waals surface area (Å²) < 4.78 is 0. The van der Waals surface area contributed by atoms with Crippen molar-refractivity contribution in [1.82, 2.24) is 0 Å². The van der Waals surface area contributed by atoms with Crippen LogP contribution in [-0.2, 0) is 0 Å². The second kappa shape index (κ2) is 3.79. The SMILES string of the molecule is CC1(C2(C=C=S)CCCC2)CCCC1. The van der Waals surface area contributed by atoms with Crippen molar-refractivity contribution in [2.75, 3.05) is 0 Å². The molecule has 0 bridgehead atoms.